The molecule has 0 saturated carbocycles. The second-order valence-electron chi connectivity index (χ2n) is 3.70. The molecule has 0 aliphatic heterocycles. The zero-order chi connectivity index (χ0) is 14.1. The Morgan fingerprint density at radius 3 is 1.83 bits per heavy atom. The number of aliphatic carboxylic acids is 1. The van der Waals surface area contributed by atoms with Gasteiger partial charge in [-0.2, -0.15) is 0 Å². The van der Waals surface area contributed by atoms with E-state index in [0.29, 0.717) is 24.3 Å². The molecule has 0 aliphatic rings. The van der Waals surface area contributed by atoms with Crippen LogP contribution in [0.2, 0.25) is 0 Å². The summed E-state index contributed by atoms with van der Waals surface area (Å²) in [5.41, 5.74) is 15.6. The van der Waals surface area contributed by atoms with Crippen molar-refractivity contribution < 1.29 is 19.5 Å². The molecule has 0 fully saturated rings. The Bertz CT molecular complexity index is 292. The third kappa shape index (κ3) is 4.78. The average Bonchev–Trinajstić information content (AvgIpc) is 2.36. The van der Waals surface area contributed by atoms with Crippen molar-refractivity contribution in [2.75, 3.05) is 19.6 Å². The van der Waals surface area contributed by atoms with Crippen LogP contribution in [0.5, 0.6) is 0 Å². The van der Waals surface area contributed by atoms with Crippen molar-refractivity contribution in [1.29, 1.82) is 0 Å². The molecule has 104 valence electrons. The highest BCUT2D eigenvalue weighted by molar-refractivity contribution is 6.00. The number of carbonyl (C=O) groups is 3. The molecular formula is C10H20N4O4. The summed E-state index contributed by atoms with van der Waals surface area (Å²) in [5, 5.41) is 9.07. The second kappa shape index (κ2) is 8.56. The van der Waals surface area contributed by atoms with Gasteiger partial charge in [-0.3, -0.25) is 14.5 Å². The number of hydrogen-bond donors (Lipinski definition) is 4. The number of amides is 2. The van der Waals surface area contributed by atoms with Gasteiger partial charge in [-0.1, -0.05) is 0 Å². The van der Waals surface area contributed by atoms with Gasteiger partial charge in [0, 0.05) is 0 Å². The number of nitrogens with zero attached hydrogens (tertiary/aromatic N) is 1. The Labute approximate surface area is 105 Å². The van der Waals surface area contributed by atoms with Gasteiger partial charge >= 0.3 is 5.97 Å². The number of nitrogens with two attached hydrogens (primary N) is 3. The van der Waals surface area contributed by atoms with Crippen LogP contribution in [0.1, 0.15) is 19.3 Å². The van der Waals surface area contributed by atoms with Gasteiger partial charge in [0.05, 0.1) is 13.1 Å². The molecule has 0 aliphatic carbocycles. The van der Waals surface area contributed by atoms with E-state index in [1.807, 2.05) is 0 Å². The van der Waals surface area contributed by atoms with Crippen molar-refractivity contribution in [2.45, 2.75) is 25.3 Å². The Morgan fingerprint density at radius 1 is 1.00 bits per heavy atom. The smallest absolute Gasteiger partial charge is 0.326 e. The van der Waals surface area contributed by atoms with E-state index in [9.17, 15) is 14.4 Å². The molecule has 7 N–H and O–H groups in total. The number of unbranched alkanes of at least 4 members (excludes halogenated alkanes) is 1. The summed E-state index contributed by atoms with van der Waals surface area (Å²) in [6.45, 7) is -0.458. The lowest BCUT2D eigenvalue weighted by Crippen LogP contribution is -2.52. The highest BCUT2D eigenvalue weighted by Gasteiger charge is 2.32. The molecular weight excluding hydrogens is 240 g/mol. The molecule has 8 heteroatoms. The molecule has 8 nitrogen and oxygen atoms in total. The van der Waals surface area contributed by atoms with Crippen molar-refractivity contribution in [1.82, 2.24) is 4.90 Å². The molecule has 0 heterocycles. The van der Waals surface area contributed by atoms with Gasteiger partial charge in [0.2, 0.25) is 11.8 Å². The summed E-state index contributed by atoms with van der Waals surface area (Å²) in [5.74, 6) is -2.74. The van der Waals surface area contributed by atoms with E-state index < -0.39 is 36.9 Å². The highest BCUT2D eigenvalue weighted by Crippen LogP contribution is 2.10. The maximum absolute atomic E-state index is 11.5. The maximum atomic E-state index is 11.5. The molecule has 0 spiro atoms. The predicted octanol–water partition coefficient (Wildman–Crippen LogP) is -2.16. The lowest BCUT2D eigenvalue weighted by atomic mass is 10.1. The van der Waals surface area contributed by atoms with E-state index in [1.54, 1.807) is 0 Å². The number of carboxylic acids is 1. The first kappa shape index (κ1) is 16.5. The number of carboxylic acid groups (broad SMARTS) is 1. The molecule has 0 saturated heterocycles. The molecule has 0 rings (SSSR count). The SMILES string of the molecule is NCCCCC(C(=O)O)N(C(=O)CN)C(=O)CN. The average molecular weight is 260 g/mol. The molecule has 0 aromatic rings. The zero-order valence-corrected chi connectivity index (χ0v) is 10.2. The summed E-state index contributed by atoms with van der Waals surface area (Å²) >= 11 is 0. The van der Waals surface area contributed by atoms with Crippen LogP contribution in [0.25, 0.3) is 0 Å². The van der Waals surface area contributed by atoms with Gasteiger partial charge in [0.25, 0.3) is 0 Å². The normalized spacial score (nSPS) is 11.9. The lowest BCUT2D eigenvalue weighted by molar-refractivity contribution is -0.157. The predicted molar refractivity (Wildman–Crippen MR) is 64.3 cm³/mol. The van der Waals surface area contributed by atoms with Gasteiger partial charge in [-0.25, -0.2) is 4.79 Å². The Hall–Kier alpha value is -1.51. The van der Waals surface area contributed by atoms with Gasteiger partial charge in [-0.15, -0.1) is 0 Å². The third-order valence-corrected chi connectivity index (χ3v) is 2.42. The van der Waals surface area contributed by atoms with E-state index in [4.69, 9.17) is 22.3 Å². The van der Waals surface area contributed by atoms with Crippen LogP contribution < -0.4 is 17.2 Å². The number of imide groups is 1. The van der Waals surface area contributed by atoms with Crippen LogP contribution in [0, 0.1) is 0 Å². The summed E-state index contributed by atoms with van der Waals surface area (Å²) in [6.07, 6.45) is 1.26. The fourth-order valence-corrected chi connectivity index (χ4v) is 1.53. The van der Waals surface area contributed by atoms with Crippen LogP contribution in [-0.2, 0) is 14.4 Å². The van der Waals surface area contributed by atoms with E-state index in [-0.39, 0.29) is 6.42 Å². The zero-order valence-electron chi connectivity index (χ0n) is 10.2. The molecule has 0 aromatic carbocycles. The molecule has 2 amide bonds. The fraction of sp³-hybridized carbons (Fsp3) is 0.700. The first-order chi connectivity index (χ1) is 8.49. The van der Waals surface area contributed by atoms with Gasteiger partial charge in [0.1, 0.15) is 6.04 Å². The van der Waals surface area contributed by atoms with Crippen LogP contribution in [0.15, 0.2) is 0 Å². The van der Waals surface area contributed by atoms with Gasteiger partial charge in [0.15, 0.2) is 0 Å². The van der Waals surface area contributed by atoms with E-state index in [1.165, 1.54) is 0 Å². The molecule has 1 unspecified atom stereocenters. The minimum atomic E-state index is -1.25. The second-order valence-corrected chi connectivity index (χ2v) is 3.70. The maximum Gasteiger partial charge on any atom is 0.326 e. The lowest BCUT2D eigenvalue weighted by Gasteiger charge is -2.26. The third-order valence-electron chi connectivity index (χ3n) is 2.42. The standard InChI is InChI=1S/C10H20N4O4/c11-4-2-1-3-7(10(17)18)14(8(15)5-12)9(16)6-13/h7H,1-6,11-13H2,(H,17,18). The first-order valence-corrected chi connectivity index (χ1v) is 5.67. The monoisotopic (exact) mass is 260 g/mol. The van der Waals surface area contributed by atoms with Gasteiger partial charge in [-0.05, 0) is 25.8 Å². The first-order valence-electron chi connectivity index (χ1n) is 5.67. The van der Waals surface area contributed by atoms with Gasteiger partial charge < -0.3 is 22.3 Å². The Kier molecular flexibility index (Phi) is 7.84. The van der Waals surface area contributed by atoms with Crippen LogP contribution in [-0.4, -0.2) is 53.5 Å². The molecule has 0 radical (unpaired) electrons. The van der Waals surface area contributed by atoms with Crippen LogP contribution in [0.3, 0.4) is 0 Å². The van der Waals surface area contributed by atoms with Crippen LogP contribution in [0.4, 0.5) is 0 Å². The number of carbonyl (C=O) groups excluding carboxylic acids is 2. The van der Waals surface area contributed by atoms with Crippen molar-refractivity contribution >= 4 is 17.8 Å². The largest absolute Gasteiger partial charge is 0.480 e. The van der Waals surface area contributed by atoms with Crippen molar-refractivity contribution in [2.24, 2.45) is 17.2 Å². The Morgan fingerprint density at radius 2 is 1.50 bits per heavy atom. The van der Waals surface area contributed by atoms with Crippen molar-refractivity contribution in [3.63, 3.8) is 0 Å². The summed E-state index contributed by atoms with van der Waals surface area (Å²) < 4.78 is 0. The van der Waals surface area contributed by atoms with Crippen LogP contribution >= 0.6 is 0 Å². The summed E-state index contributed by atoms with van der Waals surface area (Å²) in [7, 11) is 0. The number of hydrogen-bond acceptors (Lipinski definition) is 6. The fourth-order valence-electron chi connectivity index (χ4n) is 1.53. The highest BCUT2D eigenvalue weighted by atomic mass is 16.4. The van der Waals surface area contributed by atoms with Crippen molar-refractivity contribution in [3.8, 4) is 0 Å². The number of rotatable bonds is 8. The molecule has 0 bridgehead atoms. The van der Waals surface area contributed by atoms with E-state index in [0.717, 1.165) is 0 Å². The summed E-state index contributed by atoms with van der Waals surface area (Å²) in [4.78, 5) is 34.8. The minimum Gasteiger partial charge on any atom is -0.480 e. The minimum absolute atomic E-state index is 0.143. The molecule has 18 heavy (non-hydrogen) atoms. The quantitative estimate of drug-likeness (QED) is 0.362. The van der Waals surface area contributed by atoms with Crippen molar-refractivity contribution in [3.05, 3.63) is 0 Å². The van der Waals surface area contributed by atoms with E-state index in [2.05, 4.69) is 0 Å². The molecule has 0 aromatic heterocycles. The topological polar surface area (TPSA) is 153 Å². The molecule has 1 atom stereocenters. The summed E-state index contributed by atoms with van der Waals surface area (Å²) in [6, 6.07) is -1.23. The van der Waals surface area contributed by atoms with E-state index >= 15 is 0 Å². The Balaban J connectivity index is 4.91.